The molecule has 0 aliphatic heterocycles. The van der Waals surface area contributed by atoms with Crippen LogP contribution in [0.5, 0.6) is 0 Å². The number of hydrogen-bond acceptors (Lipinski definition) is 4. The maximum atomic E-state index is 12.3. The summed E-state index contributed by atoms with van der Waals surface area (Å²) in [6.45, 7) is 2.16. The van der Waals surface area contributed by atoms with E-state index in [9.17, 15) is 19.8 Å². The topological polar surface area (TPSA) is 101 Å². The first-order chi connectivity index (χ1) is 13.4. The summed E-state index contributed by atoms with van der Waals surface area (Å²) < 4.78 is 0. The monoisotopic (exact) mass is 391 g/mol. The molecule has 0 aromatic heterocycles. The highest BCUT2D eigenvalue weighted by Crippen LogP contribution is 2.48. The van der Waals surface area contributed by atoms with Gasteiger partial charge in [-0.2, -0.15) is 0 Å². The summed E-state index contributed by atoms with van der Waals surface area (Å²) in [6.07, 6.45) is 15.7. The third-order valence-electron chi connectivity index (χ3n) is 6.61. The second kappa shape index (κ2) is 10.9. The van der Waals surface area contributed by atoms with Crippen molar-refractivity contribution in [3.05, 3.63) is 24.3 Å². The SMILES string of the molecule is CCCC1(C(O)C/C=C/[C@H]2[C@H](O)CC(=O)[C@@H]2C/C=C\CCCC(N)=O)CCC1. The van der Waals surface area contributed by atoms with E-state index in [1.807, 2.05) is 24.3 Å². The van der Waals surface area contributed by atoms with Gasteiger partial charge in [-0.3, -0.25) is 9.59 Å². The first-order valence-corrected chi connectivity index (χ1v) is 10.9. The average Bonchev–Trinajstić information content (AvgIpc) is 2.87. The van der Waals surface area contributed by atoms with Gasteiger partial charge >= 0.3 is 0 Å². The van der Waals surface area contributed by atoms with Crippen LogP contribution < -0.4 is 5.73 Å². The summed E-state index contributed by atoms with van der Waals surface area (Å²) in [5.74, 6) is -0.578. The van der Waals surface area contributed by atoms with Gasteiger partial charge in [0.15, 0.2) is 0 Å². The minimum atomic E-state index is -0.637. The Morgan fingerprint density at radius 3 is 2.68 bits per heavy atom. The Hall–Kier alpha value is -1.46. The van der Waals surface area contributed by atoms with Crippen LogP contribution >= 0.6 is 0 Å². The zero-order chi connectivity index (χ0) is 20.6. The molecule has 2 aliphatic rings. The summed E-state index contributed by atoms with van der Waals surface area (Å²) in [7, 11) is 0. The maximum absolute atomic E-state index is 12.3. The van der Waals surface area contributed by atoms with E-state index in [4.69, 9.17) is 5.73 Å². The van der Waals surface area contributed by atoms with Gasteiger partial charge in [0.25, 0.3) is 0 Å². The number of hydrogen-bond donors (Lipinski definition) is 3. The third-order valence-corrected chi connectivity index (χ3v) is 6.61. The van der Waals surface area contributed by atoms with E-state index in [-0.39, 0.29) is 41.5 Å². The number of nitrogens with two attached hydrogens (primary N) is 1. The van der Waals surface area contributed by atoms with Gasteiger partial charge in [0.1, 0.15) is 5.78 Å². The smallest absolute Gasteiger partial charge is 0.217 e. The molecular weight excluding hydrogens is 354 g/mol. The number of carbonyl (C=O) groups excluding carboxylic acids is 2. The Bertz CT molecular complexity index is 579. The van der Waals surface area contributed by atoms with Crippen molar-refractivity contribution < 1.29 is 19.8 Å². The van der Waals surface area contributed by atoms with Crippen molar-refractivity contribution >= 4 is 11.7 Å². The summed E-state index contributed by atoms with van der Waals surface area (Å²) in [5.41, 5.74) is 5.20. The highest BCUT2D eigenvalue weighted by atomic mass is 16.3. The van der Waals surface area contributed by atoms with E-state index in [1.165, 1.54) is 6.42 Å². The number of ketones is 1. The van der Waals surface area contributed by atoms with Crippen molar-refractivity contribution in [2.75, 3.05) is 0 Å². The van der Waals surface area contributed by atoms with E-state index in [2.05, 4.69) is 6.92 Å². The van der Waals surface area contributed by atoms with Crippen molar-refractivity contribution in [1.82, 2.24) is 0 Å². The van der Waals surface area contributed by atoms with Gasteiger partial charge in [0, 0.05) is 24.7 Å². The molecule has 2 aliphatic carbocycles. The number of carbonyl (C=O) groups is 2. The molecule has 5 heteroatoms. The minimum Gasteiger partial charge on any atom is -0.392 e. The number of allylic oxidation sites excluding steroid dienone is 2. The second-order valence-corrected chi connectivity index (χ2v) is 8.63. The molecule has 0 bridgehead atoms. The van der Waals surface area contributed by atoms with Crippen molar-refractivity contribution in [1.29, 1.82) is 0 Å². The fourth-order valence-electron chi connectivity index (χ4n) is 4.78. The quantitative estimate of drug-likeness (QED) is 0.350. The molecular formula is C23H37NO4. The van der Waals surface area contributed by atoms with Crippen molar-refractivity contribution in [3.8, 4) is 0 Å². The van der Waals surface area contributed by atoms with Crippen LogP contribution in [0, 0.1) is 17.3 Å². The fraction of sp³-hybridized carbons (Fsp3) is 0.739. The molecule has 1 unspecified atom stereocenters. The minimum absolute atomic E-state index is 0.0796. The number of aliphatic hydroxyl groups is 2. The molecule has 5 nitrogen and oxygen atoms in total. The number of unbranched alkanes of at least 4 members (excludes halogenated alkanes) is 1. The highest BCUT2D eigenvalue weighted by molar-refractivity contribution is 5.84. The Kier molecular flexibility index (Phi) is 8.90. The largest absolute Gasteiger partial charge is 0.392 e. The first-order valence-electron chi connectivity index (χ1n) is 10.9. The van der Waals surface area contributed by atoms with Crippen LogP contribution in [0.4, 0.5) is 0 Å². The van der Waals surface area contributed by atoms with E-state index < -0.39 is 6.10 Å². The second-order valence-electron chi connectivity index (χ2n) is 8.63. The zero-order valence-corrected chi connectivity index (χ0v) is 17.2. The zero-order valence-electron chi connectivity index (χ0n) is 17.2. The molecule has 0 aromatic carbocycles. The molecule has 0 heterocycles. The third kappa shape index (κ3) is 6.02. The fourth-order valence-corrected chi connectivity index (χ4v) is 4.78. The number of primary amides is 1. The summed E-state index contributed by atoms with van der Waals surface area (Å²) in [5, 5.41) is 20.9. The standard InChI is InChI=1S/C23H37NO4/c1-2-13-23(14-8-15-23)21(27)11-7-10-18-17(19(25)16-20(18)26)9-5-3-4-6-12-22(24)28/h3,5,7,10,17-18,20-21,26-27H,2,4,6,8-9,11-16H2,1H3,(H2,24,28)/b5-3-,10-7+/t17-,18-,20-,21?/m1/s1. The van der Waals surface area contributed by atoms with Crippen LogP contribution in [0.15, 0.2) is 24.3 Å². The van der Waals surface area contributed by atoms with Gasteiger partial charge in [-0.05, 0) is 50.4 Å². The number of aliphatic hydroxyl groups excluding tert-OH is 2. The van der Waals surface area contributed by atoms with Crippen LogP contribution in [0.2, 0.25) is 0 Å². The van der Waals surface area contributed by atoms with Gasteiger partial charge in [0.05, 0.1) is 12.2 Å². The van der Waals surface area contributed by atoms with E-state index in [1.54, 1.807) is 0 Å². The Morgan fingerprint density at radius 2 is 2.07 bits per heavy atom. The predicted octanol–water partition coefficient (Wildman–Crippen LogP) is 3.43. The van der Waals surface area contributed by atoms with Crippen LogP contribution in [0.25, 0.3) is 0 Å². The number of rotatable bonds is 12. The predicted molar refractivity (Wildman–Crippen MR) is 110 cm³/mol. The lowest BCUT2D eigenvalue weighted by atomic mass is 9.62. The molecule has 0 saturated heterocycles. The lowest BCUT2D eigenvalue weighted by Gasteiger charge is -2.45. The molecule has 0 spiro atoms. The van der Waals surface area contributed by atoms with Gasteiger partial charge < -0.3 is 15.9 Å². The Morgan fingerprint density at radius 1 is 1.32 bits per heavy atom. The lowest BCUT2D eigenvalue weighted by molar-refractivity contribution is -0.121. The number of amides is 1. The van der Waals surface area contributed by atoms with Crippen LogP contribution in [-0.4, -0.2) is 34.1 Å². The maximum Gasteiger partial charge on any atom is 0.217 e. The normalized spacial score (nSPS) is 28.1. The van der Waals surface area contributed by atoms with E-state index >= 15 is 0 Å². The molecule has 2 rings (SSSR count). The molecule has 0 radical (unpaired) electrons. The van der Waals surface area contributed by atoms with E-state index in [0.29, 0.717) is 25.7 Å². The average molecular weight is 392 g/mol. The molecule has 4 atom stereocenters. The molecule has 2 fully saturated rings. The molecule has 2 saturated carbocycles. The molecule has 4 N–H and O–H groups in total. The highest BCUT2D eigenvalue weighted by Gasteiger charge is 2.42. The van der Waals surface area contributed by atoms with Gasteiger partial charge in [-0.15, -0.1) is 0 Å². The Labute approximate surface area is 169 Å². The van der Waals surface area contributed by atoms with Gasteiger partial charge in [-0.1, -0.05) is 44.1 Å². The molecule has 28 heavy (non-hydrogen) atoms. The van der Waals surface area contributed by atoms with Crippen LogP contribution in [0.3, 0.4) is 0 Å². The summed E-state index contributed by atoms with van der Waals surface area (Å²) in [6, 6.07) is 0. The van der Waals surface area contributed by atoms with E-state index in [0.717, 1.165) is 32.1 Å². The van der Waals surface area contributed by atoms with Crippen molar-refractivity contribution in [2.45, 2.75) is 89.8 Å². The Balaban J connectivity index is 1.85. The molecule has 1 amide bonds. The van der Waals surface area contributed by atoms with Crippen molar-refractivity contribution in [3.63, 3.8) is 0 Å². The molecule has 158 valence electrons. The van der Waals surface area contributed by atoms with Crippen LogP contribution in [0.1, 0.15) is 77.6 Å². The summed E-state index contributed by atoms with van der Waals surface area (Å²) in [4.78, 5) is 23.0. The first kappa shape index (κ1) is 22.8. The van der Waals surface area contributed by atoms with Gasteiger partial charge in [-0.25, -0.2) is 0 Å². The number of Topliss-reactive ketones (excluding diaryl/α,β-unsaturated/α-hetero) is 1. The van der Waals surface area contributed by atoms with Crippen molar-refractivity contribution in [2.24, 2.45) is 23.0 Å². The lowest BCUT2D eigenvalue weighted by Crippen LogP contribution is -2.41. The molecule has 0 aromatic rings. The van der Waals surface area contributed by atoms with Gasteiger partial charge in [0.2, 0.25) is 5.91 Å². The summed E-state index contributed by atoms with van der Waals surface area (Å²) >= 11 is 0. The van der Waals surface area contributed by atoms with Crippen LogP contribution in [-0.2, 0) is 9.59 Å².